The lowest BCUT2D eigenvalue weighted by Crippen LogP contribution is -2.20. The second-order valence-corrected chi connectivity index (χ2v) is 7.44. The van der Waals surface area contributed by atoms with Crippen LogP contribution in [0.5, 0.6) is 11.5 Å². The topological polar surface area (TPSA) is 155 Å². The van der Waals surface area contributed by atoms with Crippen LogP contribution in [0.25, 0.3) is 11.3 Å². The quantitative estimate of drug-likeness (QED) is 0.223. The maximum absolute atomic E-state index is 12.3. The highest BCUT2D eigenvalue weighted by molar-refractivity contribution is 14.1. The molecule has 0 bridgehead atoms. The Balaban J connectivity index is 1.85. The van der Waals surface area contributed by atoms with E-state index in [2.05, 4.69) is 20.5 Å². The number of methoxy groups -OCH3 is 1. The van der Waals surface area contributed by atoms with Gasteiger partial charge in [0, 0.05) is 5.56 Å². The number of carbonyl (C=O) groups is 1. The summed E-state index contributed by atoms with van der Waals surface area (Å²) in [6, 6.07) is 14.2. The summed E-state index contributed by atoms with van der Waals surface area (Å²) in [6.07, 6.45) is 1.49. The third-order valence-corrected chi connectivity index (χ3v) is 4.87. The normalized spacial score (nSPS) is 10.5. The second-order valence-electron chi connectivity index (χ2n) is 6.28. The number of hydrogen-bond donors (Lipinski definition) is 3. The standard InChI is InChI=1S/C21H17IN6O4/c1-31-16-8-12(7-15(22)19(16)32-11-17(24)29)10-25-28-21-26-18(13-5-3-2-4-6-13)14(9-23)20(30)27-21/h2-8,10H,11H2,1H3,(H2,24,29)(H2,26,27,28,30). The molecule has 3 aromatic rings. The van der Waals surface area contributed by atoms with Gasteiger partial charge in [-0.15, -0.1) is 0 Å². The van der Waals surface area contributed by atoms with E-state index in [1.165, 1.54) is 13.3 Å². The zero-order valence-electron chi connectivity index (χ0n) is 16.8. The van der Waals surface area contributed by atoms with Gasteiger partial charge in [-0.05, 0) is 40.3 Å². The average molecular weight is 544 g/mol. The number of nitriles is 1. The Labute approximate surface area is 196 Å². The van der Waals surface area contributed by atoms with Gasteiger partial charge in [0.25, 0.3) is 11.5 Å². The van der Waals surface area contributed by atoms with Crippen molar-refractivity contribution in [2.24, 2.45) is 10.8 Å². The van der Waals surface area contributed by atoms with Gasteiger partial charge in [0.2, 0.25) is 5.95 Å². The predicted octanol–water partition coefficient (Wildman–Crippen LogP) is 2.23. The highest BCUT2D eigenvalue weighted by atomic mass is 127. The van der Waals surface area contributed by atoms with Crippen molar-refractivity contribution < 1.29 is 14.3 Å². The number of nitrogens with zero attached hydrogens (tertiary/aromatic N) is 3. The SMILES string of the molecule is COc1cc(C=NNc2nc(-c3ccccc3)c(C#N)c(=O)[nH]2)cc(I)c1OCC(N)=O. The lowest BCUT2D eigenvalue weighted by atomic mass is 10.1. The number of hydrogen-bond acceptors (Lipinski definition) is 8. The van der Waals surface area contributed by atoms with Crippen LogP contribution in [-0.4, -0.2) is 35.8 Å². The monoisotopic (exact) mass is 544 g/mol. The first-order valence-electron chi connectivity index (χ1n) is 9.10. The van der Waals surface area contributed by atoms with E-state index >= 15 is 0 Å². The summed E-state index contributed by atoms with van der Waals surface area (Å²) in [7, 11) is 1.47. The number of aromatic amines is 1. The van der Waals surface area contributed by atoms with Crippen LogP contribution in [0.15, 0.2) is 52.4 Å². The number of rotatable bonds is 8. The molecule has 4 N–H and O–H groups in total. The molecule has 2 aromatic carbocycles. The van der Waals surface area contributed by atoms with Gasteiger partial charge in [0.15, 0.2) is 18.1 Å². The Kier molecular flexibility index (Phi) is 7.40. The van der Waals surface area contributed by atoms with Gasteiger partial charge >= 0.3 is 0 Å². The molecular weight excluding hydrogens is 527 g/mol. The van der Waals surface area contributed by atoms with Crippen molar-refractivity contribution in [3.05, 3.63) is 67.5 Å². The number of carbonyl (C=O) groups excluding carboxylic acids is 1. The fourth-order valence-corrected chi connectivity index (χ4v) is 3.48. The molecule has 0 atom stereocenters. The molecule has 1 heterocycles. The average Bonchev–Trinajstić information content (AvgIpc) is 2.78. The summed E-state index contributed by atoms with van der Waals surface area (Å²) in [5.74, 6) is 0.266. The fraction of sp³-hybridized carbons (Fsp3) is 0.0952. The van der Waals surface area contributed by atoms with Crippen molar-refractivity contribution in [2.75, 3.05) is 19.1 Å². The Bertz CT molecular complexity index is 1270. The third-order valence-electron chi connectivity index (χ3n) is 4.07. The van der Waals surface area contributed by atoms with Crippen molar-refractivity contribution in [3.8, 4) is 28.8 Å². The van der Waals surface area contributed by atoms with Crippen molar-refractivity contribution >= 4 is 40.7 Å². The van der Waals surface area contributed by atoms with Gasteiger partial charge in [-0.25, -0.2) is 10.4 Å². The first kappa shape index (κ1) is 22.8. The maximum atomic E-state index is 12.3. The molecule has 0 aliphatic heterocycles. The Hall–Kier alpha value is -3.92. The predicted molar refractivity (Wildman–Crippen MR) is 127 cm³/mol. The number of ether oxygens (including phenoxy) is 2. The zero-order chi connectivity index (χ0) is 23.1. The van der Waals surface area contributed by atoms with Crippen LogP contribution in [0.1, 0.15) is 11.1 Å². The number of amides is 1. The lowest BCUT2D eigenvalue weighted by Gasteiger charge is -2.12. The summed E-state index contributed by atoms with van der Waals surface area (Å²) in [4.78, 5) is 30.1. The van der Waals surface area contributed by atoms with Crippen molar-refractivity contribution in [1.82, 2.24) is 9.97 Å². The highest BCUT2D eigenvalue weighted by Gasteiger charge is 2.14. The third kappa shape index (κ3) is 5.41. The van der Waals surface area contributed by atoms with E-state index in [4.69, 9.17) is 15.2 Å². The number of aromatic nitrogens is 2. The Morgan fingerprint density at radius 2 is 2.12 bits per heavy atom. The minimum atomic E-state index is -0.600. The molecule has 0 saturated carbocycles. The van der Waals surface area contributed by atoms with Crippen LogP contribution in [0.2, 0.25) is 0 Å². The van der Waals surface area contributed by atoms with Gasteiger partial charge in [0.1, 0.15) is 11.6 Å². The van der Waals surface area contributed by atoms with Crippen LogP contribution in [0.4, 0.5) is 5.95 Å². The largest absolute Gasteiger partial charge is 0.493 e. The lowest BCUT2D eigenvalue weighted by molar-refractivity contribution is -0.119. The van der Waals surface area contributed by atoms with Crippen LogP contribution < -0.4 is 26.2 Å². The van der Waals surface area contributed by atoms with Crippen LogP contribution >= 0.6 is 22.6 Å². The van der Waals surface area contributed by atoms with E-state index in [-0.39, 0.29) is 23.8 Å². The van der Waals surface area contributed by atoms with E-state index < -0.39 is 11.5 Å². The molecule has 0 aliphatic rings. The first-order chi connectivity index (χ1) is 15.4. The number of anilines is 1. The minimum Gasteiger partial charge on any atom is -0.493 e. The van der Waals surface area contributed by atoms with Gasteiger partial charge < -0.3 is 15.2 Å². The highest BCUT2D eigenvalue weighted by Crippen LogP contribution is 2.33. The second kappa shape index (κ2) is 10.4. The van der Waals surface area contributed by atoms with E-state index in [1.54, 1.807) is 36.4 Å². The van der Waals surface area contributed by atoms with Crippen LogP contribution in [-0.2, 0) is 4.79 Å². The Morgan fingerprint density at radius 3 is 2.78 bits per heavy atom. The number of hydrazone groups is 1. The number of nitrogens with two attached hydrogens (primary N) is 1. The number of H-pyrrole nitrogens is 1. The van der Waals surface area contributed by atoms with E-state index in [0.717, 1.165) is 0 Å². The van der Waals surface area contributed by atoms with Crippen molar-refractivity contribution in [3.63, 3.8) is 0 Å². The van der Waals surface area contributed by atoms with E-state index in [0.29, 0.717) is 26.2 Å². The Morgan fingerprint density at radius 1 is 1.38 bits per heavy atom. The maximum Gasteiger partial charge on any atom is 0.270 e. The molecule has 32 heavy (non-hydrogen) atoms. The van der Waals surface area contributed by atoms with Gasteiger partial charge in [-0.2, -0.15) is 10.4 Å². The van der Waals surface area contributed by atoms with E-state index in [1.807, 2.05) is 34.7 Å². The molecule has 0 radical (unpaired) electrons. The molecule has 3 rings (SSSR count). The van der Waals surface area contributed by atoms with Crippen LogP contribution in [0, 0.1) is 14.9 Å². The molecule has 11 heteroatoms. The number of halogens is 1. The molecule has 1 aromatic heterocycles. The van der Waals surface area contributed by atoms with Crippen LogP contribution in [0.3, 0.4) is 0 Å². The molecule has 10 nitrogen and oxygen atoms in total. The number of primary amides is 1. The molecular formula is C21H17IN6O4. The number of nitrogens with one attached hydrogen (secondary N) is 2. The number of benzene rings is 2. The first-order valence-corrected chi connectivity index (χ1v) is 10.2. The smallest absolute Gasteiger partial charge is 0.270 e. The molecule has 162 valence electrons. The van der Waals surface area contributed by atoms with E-state index in [9.17, 15) is 14.9 Å². The van der Waals surface area contributed by atoms with Gasteiger partial charge in [-0.3, -0.25) is 14.6 Å². The van der Waals surface area contributed by atoms with Gasteiger partial charge in [-0.1, -0.05) is 30.3 Å². The zero-order valence-corrected chi connectivity index (χ0v) is 18.9. The summed E-state index contributed by atoms with van der Waals surface area (Å²) in [6.45, 7) is -0.275. The summed E-state index contributed by atoms with van der Waals surface area (Å²) in [5, 5.41) is 13.4. The molecule has 0 fully saturated rings. The summed E-state index contributed by atoms with van der Waals surface area (Å²) < 4.78 is 11.4. The summed E-state index contributed by atoms with van der Waals surface area (Å²) >= 11 is 2.04. The van der Waals surface area contributed by atoms with Crippen molar-refractivity contribution in [1.29, 1.82) is 5.26 Å². The fourth-order valence-electron chi connectivity index (χ4n) is 2.70. The van der Waals surface area contributed by atoms with Gasteiger partial charge in [0.05, 0.1) is 22.6 Å². The molecule has 0 spiro atoms. The minimum absolute atomic E-state index is 0.0761. The molecule has 0 unspecified atom stereocenters. The van der Waals surface area contributed by atoms with Crippen molar-refractivity contribution in [2.45, 2.75) is 0 Å². The summed E-state index contributed by atoms with van der Waals surface area (Å²) in [5.41, 5.74) is 8.67. The molecule has 0 saturated heterocycles. The molecule has 0 aliphatic carbocycles. The molecule has 1 amide bonds.